The molecule has 0 amide bonds. The lowest BCUT2D eigenvalue weighted by molar-refractivity contribution is -0.0160. The van der Waals surface area contributed by atoms with Crippen LogP contribution < -0.4 is 4.74 Å². The van der Waals surface area contributed by atoms with E-state index in [9.17, 15) is 5.11 Å². The van der Waals surface area contributed by atoms with Crippen molar-refractivity contribution < 1.29 is 14.6 Å². The van der Waals surface area contributed by atoms with Gasteiger partial charge in [-0.15, -0.1) is 0 Å². The largest absolute Gasteiger partial charge is 0.493 e. The molecule has 1 saturated heterocycles. The molecule has 0 saturated carbocycles. The Morgan fingerprint density at radius 2 is 2.16 bits per heavy atom. The molecule has 2 unspecified atom stereocenters. The minimum absolute atomic E-state index is 0.197. The van der Waals surface area contributed by atoms with Crippen molar-refractivity contribution in [1.82, 2.24) is 0 Å². The predicted octanol–water partition coefficient (Wildman–Crippen LogP) is 3.00. The van der Waals surface area contributed by atoms with Crippen molar-refractivity contribution in [2.24, 2.45) is 0 Å². The Kier molecular flexibility index (Phi) is 4.04. The second kappa shape index (κ2) is 5.93. The Bertz CT molecular complexity index is 424. The zero-order valence-electron chi connectivity index (χ0n) is 11.3. The standard InChI is InChI=1S/C16H22O3/c17-15(11-13-7-1-2-9-18-13)14-8-3-5-12-6-4-10-19-16(12)14/h3,5,8,13,15,17H,1-2,4,6-7,9-11H2. The predicted molar refractivity (Wildman–Crippen MR) is 73.4 cm³/mol. The molecule has 104 valence electrons. The van der Waals surface area contributed by atoms with Gasteiger partial charge in [0.15, 0.2) is 0 Å². The van der Waals surface area contributed by atoms with Crippen molar-refractivity contribution in [2.75, 3.05) is 13.2 Å². The molecule has 3 nitrogen and oxygen atoms in total. The van der Waals surface area contributed by atoms with Crippen molar-refractivity contribution in [3.8, 4) is 5.75 Å². The van der Waals surface area contributed by atoms with Crippen LogP contribution in [-0.2, 0) is 11.2 Å². The summed E-state index contributed by atoms with van der Waals surface area (Å²) in [5, 5.41) is 10.5. The first-order chi connectivity index (χ1) is 9.34. The van der Waals surface area contributed by atoms with Gasteiger partial charge in [0.1, 0.15) is 5.75 Å². The van der Waals surface area contributed by atoms with E-state index < -0.39 is 6.10 Å². The van der Waals surface area contributed by atoms with Crippen molar-refractivity contribution in [3.05, 3.63) is 29.3 Å². The maximum absolute atomic E-state index is 10.5. The average molecular weight is 262 g/mol. The molecular formula is C16H22O3. The van der Waals surface area contributed by atoms with Crippen LogP contribution in [0.1, 0.15) is 49.3 Å². The molecule has 0 bridgehead atoms. The first kappa shape index (κ1) is 12.9. The Labute approximate surface area is 114 Å². The van der Waals surface area contributed by atoms with Crippen LogP contribution in [0.25, 0.3) is 0 Å². The molecule has 19 heavy (non-hydrogen) atoms. The smallest absolute Gasteiger partial charge is 0.128 e. The minimum Gasteiger partial charge on any atom is -0.493 e. The van der Waals surface area contributed by atoms with Crippen LogP contribution in [-0.4, -0.2) is 24.4 Å². The fourth-order valence-electron chi connectivity index (χ4n) is 3.05. The summed E-state index contributed by atoms with van der Waals surface area (Å²) in [6, 6.07) is 6.10. The maximum Gasteiger partial charge on any atom is 0.128 e. The van der Waals surface area contributed by atoms with E-state index in [2.05, 4.69) is 6.07 Å². The molecule has 0 aromatic heterocycles. The van der Waals surface area contributed by atoms with E-state index in [1.165, 1.54) is 12.0 Å². The molecule has 3 rings (SSSR count). The van der Waals surface area contributed by atoms with Gasteiger partial charge in [-0.05, 0) is 37.7 Å². The molecule has 1 aromatic carbocycles. The monoisotopic (exact) mass is 262 g/mol. The SMILES string of the molecule is OC(CC1CCCCO1)c1cccc2c1OCCC2. The summed E-state index contributed by atoms with van der Waals surface area (Å²) in [4.78, 5) is 0. The topological polar surface area (TPSA) is 38.7 Å². The van der Waals surface area contributed by atoms with E-state index in [-0.39, 0.29) is 6.10 Å². The molecule has 2 aliphatic heterocycles. The van der Waals surface area contributed by atoms with Gasteiger partial charge in [0.05, 0.1) is 18.8 Å². The molecule has 2 aliphatic rings. The number of fused-ring (bicyclic) bond motifs is 1. The van der Waals surface area contributed by atoms with Crippen molar-refractivity contribution >= 4 is 0 Å². The van der Waals surface area contributed by atoms with Crippen LogP contribution >= 0.6 is 0 Å². The highest BCUT2D eigenvalue weighted by molar-refractivity contribution is 5.44. The van der Waals surface area contributed by atoms with Crippen LogP contribution in [0.2, 0.25) is 0 Å². The zero-order chi connectivity index (χ0) is 13.1. The summed E-state index contributed by atoms with van der Waals surface area (Å²) >= 11 is 0. The van der Waals surface area contributed by atoms with Gasteiger partial charge < -0.3 is 14.6 Å². The van der Waals surface area contributed by atoms with Crippen LogP contribution in [0.5, 0.6) is 5.75 Å². The molecular weight excluding hydrogens is 240 g/mol. The zero-order valence-corrected chi connectivity index (χ0v) is 11.3. The summed E-state index contributed by atoms with van der Waals surface area (Å²) in [6.45, 7) is 1.59. The lowest BCUT2D eigenvalue weighted by Crippen LogP contribution is -2.22. The molecule has 2 heterocycles. The summed E-state index contributed by atoms with van der Waals surface area (Å²) < 4.78 is 11.5. The quantitative estimate of drug-likeness (QED) is 0.910. The van der Waals surface area contributed by atoms with Gasteiger partial charge in [0.2, 0.25) is 0 Å². The fraction of sp³-hybridized carbons (Fsp3) is 0.625. The fourth-order valence-corrected chi connectivity index (χ4v) is 3.05. The van der Waals surface area contributed by atoms with Gasteiger partial charge in [-0.2, -0.15) is 0 Å². The third kappa shape index (κ3) is 2.93. The van der Waals surface area contributed by atoms with Gasteiger partial charge in [-0.3, -0.25) is 0 Å². The summed E-state index contributed by atoms with van der Waals surface area (Å²) in [7, 11) is 0. The summed E-state index contributed by atoms with van der Waals surface area (Å²) in [6.07, 6.45) is 5.94. The van der Waals surface area contributed by atoms with E-state index in [4.69, 9.17) is 9.47 Å². The molecule has 0 radical (unpaired) electrons. The second-order valence-electron chi connectivity index (χ2n) is 5.53. The summed E-state index contributed by atoms with van der Waals surface area (Å²) in [5.74, 6) is 0.914. The van der Waals surface area contributed by atoms with E-state index in [0.717, 1.165) is 50.2 Å². The normalized spacial score (nSPS) is 24.4. The number of para-hydroxylation sites is 1. The Morgan fingerprint density at radius 1 is 1.21 bits per heavy atom. The lowest BCUT2D eigenvalue weighted by Gasteiger charge is -2.27. The molecule has 2 atom stereocenters. The summed E-state index contributed by atoms with van der Waals surface area (Å²) in [5.41, 5.74) is 2.17. The maximum atomic E-state index is 10.5. The minimum atomic E-state index is -0.476. The van der Waals surface area contributed by atoms with E-state index >= 15 is 0 Å². The number of aliphatic hydroxyl groups excluding tert-OH is 1. The number of hydrogen-bond donors (Lipinski definition) is 1. The number of rotatable bonds is 3. The second-order valence-corrected chi connectivity index (χ2v) is 5.53. The average Bonchev–Trinajstić information content (AvgIpc) is 2.47. The van der Waals surface area contributed by atoms with Gasteiger partial charge in [-0.1, -0.05) is 18.2 Å². The third-order valence-electron chi connectivity index (χ3n) is 4.08. The number of aliphatic hydroxyl groups is 1. The number of ether oxygens (including phenoxy) is 2. The molecule has 0 spiro atoms. The molecule has 0 aliphatic carbocycles. The van der Waals surface area contributed by atoms with Gasteiger partial charge in [-0.25, -0.2) is 0 Å². The van der Waals surface area contributed by atoms with E-state index in [1.807, 2.05) is 12.1 Å². The van der Waals surface area contributed by atoms with Crippen LogP contribution in [0.3, 0.4) is 0 Å². The molecule has 3 heteroatoms. The molecule has 1 N–H and O–H groups in total. The van der Waals surface area contributed by atoms with Crippen LogP contribution in [0.4, 0.5) is 0 Å². The highest BCUT2D eigenvalue weighted by atomic mass is 16.5. The Balaban J connectivity index is 1.73. The highest BCUT2D eigenvalue weighted by Gasteiger charge is 2.23. The number of hydrogen-bond acceptors (Lipinski definition) is 3. The van der Waals surface area contributed by atoms with Crippen molar-refractivity contribution in [3.63, 3.8) is 0 Å². The van der Waals surface area contributed by atoms with Gasteiger partial charge in [0, 0.05) is 18.6 Å². The Hall–Kier alpha value is -1.06. The van der Waals surface area contributed by atoms with Crippen molar-refractivity contribution in [2.45, 2.75) is 50.7 Å². The van der Waals surface area contributed by atoms with Crippen molar-refractivity contribution in [1.29, 1.82) is 0 Å². The lowest BCUT2D eigenvalue weighted by atomic mass is 9.95. The van der Waals surface area contributed by atoms with Gasteiger partial charge >= 0.3 is 0 Å². The van der Waals surface area contributed by atoms with E-state index in [1.54, 1.807) is 0 Å². The number of aryl methyl sites for hydroxylation is 1. The van der Waals surface area contributed by atoms with Gasteiger partial charge in [0.25, 0.3) is 0 Å². The molecule has 1 fully saturated rings. The third-order valence-corrected chi connectivity index (χ3v) is 4.08. The first-order valence-corrected chi connectivity index (χ1v) is 7.39. The van der Waals surface area contributed by atoms with Crippen LogP contribution in [0, 0.1) is 0 Å². The Morgan fingerprint density at radius 3 is 3.00 bits per heavy atom. The van der Waals surface area contributed by atoms with E-state index in [0.29, 0.717) is 6.42 Å². The first-order valence-electron chi connectivity index (χ1n) is 7.39. The number of benzene rings is 1. The highest BCUT2D eigenvalue weighted by Crippen LogP contribution is 2.35. The van der Waals surface area contributed by atoms with Crippen LogP contribution in [0.15, 0.2) is 18.2 Å². The molecule has 1 aromatic rings.